The highest BCUT2D eigenvalue weighted by Crippen LogP contribution is 2.38. The van der Waals surface area contributed by atoms with Crippen LogP contribution in [0.1, 0.15) is 32.7 Å². The Bertz CT molecular complexity index is 508. The number of rotatable bonds is 3. The van der Waals surface area contributed by atoms with Crippen molar-refractivity contribution in [2.45, 2.75) is 25.3 Å². The molecule has 0 aromatic carbocycles. The predicted molar refractivity (Wildman–Crippen MR) is 76.6 cm³/mol. The molecule has 0 radical (unpaired) electrons. The average Bonchev–Trinajstić information content (AvgIpc) is 2.95. The lowest BCUT2D eigenvalue weighted by Gasteiger charge is -2.12. The van der Waals surface area contributed by atoms with E-state index in [1.165, 1.54) is 29.0 Å². The number of halogens is 1. The quantitative estimate of drug-likeness (QED) is 0.887. The van der Waals surface area contributed by atoms with Gasteiger partial charge in [-0.3, -0.25) is 0 Å². The molecule has 1 unspecified atom stereocenters. The summed E-state index contributed by atoms with van der Waals surface area (Å²) in [6.45, 7) is 0. The van der Waals surface area contributed by atoms with Crippen LogP contribution in [0.25, 0.3) is 0 Å². The molecule has 0 aliphatic heterocycles. The molecule has 2 aromatic heterocycles. The summed E-state index contributed by atoms with van der Waals surface area (Å²) in [4.78, 5) is 4.32. The van der Waals surface area contributed by atoms with Gasteiger partial charge in [-0.15, -0.1) is 22.7 Å². The number of nitrogens with one attached hydrogen (secondary N) is 1. The largest absolute Gasteiger partial charge is 0.308 e. The van der Waals surface area contributed by atoms with Gasteiger partial charge >= 0.3 is 0 Å². The van der Waals surface area contributed by atoms with Crippen molar-refractivity contribution in [3.05, 3.63) is 42.7 Å². The molecule has 0 saturated heterocycles. The van der Waals surface area contributed by atoms with E-state index >= 15 is 0 Å². The Morgan fingerprint density at radius 2 is 2.12 bits per heavy atom. The van der Waals surface area contributed by atoms with Crippen LogP contribution in [0.15, 0.2) is 18.2 Å². The standard InChI is InChI=1S/C13H14ClNS2/c1-15-13(10-5-6-12(14)17-10)11-7-8-3-2-4-9(8)16-11/h5-7,13,15H,2-4H2,1H3. The first-order chi connectivity index (χ1) is 8.28. The maximum absolute atomic E-state index is 6.02. The van der Waals surface area contributed by atoms with Crippen molar-refractivity contribution < 1.29 is 0 Å². The average molecular weight is 284 g/mol. The molecule has 0 saturated carbocycles. The summed E-state index contributed by atoms with van der Waals surface area (Å²) >= 11 is 9.64. The third-order valence-corrected chi connectivity index (χ3v) is 5.82. The predicted octanol–water partition coefficient (Wildman–Crippen LogP) is 4.26. The second-order valence-electron chi connectivity index (χ2n) is 4.31. The van der Waals surface area contributed by atoms with Crippen LogP contribution >= 0.6 is 34.3 Å². The van der Waals surface area contributed by atoms with E-state index in [-0.39, 0.29) is 0 Å². The fraction of sp³-hybridized carbons (Fsp3) is 0.385. The molecule has 1 nitrogen and oxygen atoms in total. The van der Waals surface area contributed by atoms with Gasteiger partial charge in [0, 0.05) is 14.6 Å². The number of aryl methyl sites for hydroxylation is 2. The molecule has 90 valence electrons. The van der Waals surface area contributed by atoms with Gasteiger partial charge in [-0.05, 0) is 50.1 Å². The molecule has 0 spiro atoms. The molecular weight excluding hydrogens is 270 g/mol. The van der Waals surface area contributed by atoms with Crippen molar-refractivity contribution in [1.82, 2.24) is 5.32 Å². The van der Waals surface area contributed by atoms with Crippen molar-refractivity contribution in [3.63, 3.8) is 0 Å². The maximum atomic E-state index is 6.02. The van der Waals surface area contributed by atoms with Crippen molar-refractivity contribution >= 4 is 34.3 Å². The summed E-state index contributed by atoms with van der Waals surface area (Å²) in [5.74, 6) is 0. The van der Waals surface area contributed by atoms with E-state index in [0.29, 0.717) is 6.04 Å². The Morgan fingerprint density at radius 3 is 2.76 bits per heavy atom. The first kappa shape index (κ1) is 11.7. The summed E-state index contributed by atoms with van der Waals surface area (Å²) in [6, 6.07) is 6.79. The lowest BCUT2D eigenvalue weighted by Crippen LogP contribution is -2.15. The van der Waals surface area contributed by atoms with Gasteiger partial charge in [-0.1, -0.05) is 11.6 Å². The van der Waals surface area contributed by atoms with Gasteiger partial charge < -0.3 is 5.32 Å². The fourth-order valence-electron chi connectivity index (χ4n) is 2.40. The zero-order valence-corrected chi connectivity index (χ0v) is 12.0. The number of hydrogen-bond donors (Lipinski definition) is 1. The highest BCUT2D eigenvalue weighted by atomic mass is 35.5. The van der Waals surface area contributed by atoms with Gasteiger partial charge in [-0.25, -0.2) is 0 Å². The lowest BCUT2D eigenvalue weighted by molar-refractivity contribution is 0.715. The molecule has 0 fully saturated rings. The zero-order valence-electron chi connectivity index (χ0n) is 9.63. The monoisotopic (exact) mass is 283 g/mol. The molecule has 3 rings (SSSR count). The molecule has 17 heavy (non-hydrogen) atoms. The molecule has 0 amide bonds. The topological polar surface area (TPSA) is 12.0 Å². The molecule has 2 aromatic rings. The molecule has 1 aliphatic carbocycles. The van der Waals surface area contributed by atoms with Crippen molar-refractivity contribution in [2.24, 2.45) is 0 Å². The van der Waals surface area contributed by atoms with E-state index in [0.717, 1.165) is 4.34 Å². The van der Waals surface area contributed by atoms with Crippen LogP contribution < -0.4 is 5.32 Å². The van der Waals surface area contributed by atoms with Crippen LogP contribution in [0.5, 0.6) is 0 Å². The van der Waals surface area contributed by atoms with Crippen molar-refractivity contribution in [3.8, 4) is 0 Å². The second kappa shape index (κ2) is 4.73. The lowest BCUT2D eigenvalue weighted by atomic mass is 10.1. The second-order valence-corrected chi connectivity index (χ2v) is 7.23. The Hall–Kier alpha value is -0.350. The van der Waals surface area contributed by atoms with Crippen LogP contribution in [-0.4, -0.2) is 7.05 Å². The van der Waals surface area contributed by atoms with Crippen LogP contribution in [0, 0.1) is 0 Å². The molecule has 1 N–H and O–H groups in total. The van der Waals surface area contributed by atoms with Gasteiger partial charge in [0.2, 0.25) is 0 Å². The van der Waals surface area contributed by atoms with E-state index in [1.807, 2.05) is 24.5 Å². The third-order valence-electron chi connectivity index (χ3n) is 3.22. The highest BCUT2D eigenvalue weighted by molar-refractivity contribution is 7.16. The normalized spacial score (nSPS) is 16.1. The summed E-state index contributed by atoms with van der Waals surface area (Å²) < 4.78 is 0.865. The summed E-state index contributed by atoms with van der Waals surface area (Å²) in [5.41, 5.74) is 1.56. The minimum absolute atomic E-state index is 0.308. The first-order valence-corrected chi connectivity index (χ1v) is 7.83. The first-order valence-electron chi connectivity index (χ1n) is 5.82. The molecule has 2 heterocycles. The highest BCUT2D eigenvalue weighted by Gasteiger charge is 2.21. The summed E-state index contributed by atoms with van der Waals surface area (Å²) in [7, 11) is 2.02. The number of hydrogen-bond acceptors (Lipinski definition) is 3. The SMILES string of the molecule is CNC(c1ccc(Cl)s1)c1cc2c(s1)CCC2. The van der Waals surface area contributed by atoms with Crippen LogP contribution in [0.4, 0.5) is 0 Å². The van der Waals surface area contributed by atoms with Crippen molar-refractivity contribution in [2.75, 3.05) is 7.05 Å². The minimum atomic E-state index is 0.308. The maximum Gasteiger partial charge on any atom is 0.0931 e. The van der Waals surface area contributed by atoms with E-state index in [2.05, 4.69) is 17.4 Å². The molecular formula is C13H14ClNS2. The minimum Gasteiger partial charge on any atom is -0.308 e. The molecule has 4 heteroatoms. The summed E-state index contributed by atoms with van der Waals surface area (Å²) in [5, 5.41) is 3.40. The van der Waals surface area contributed by atoms with Gasteiger partial charge in [-0.2, -0.15) is 0 Å². The van der Waals surface area contributed by atoms with E-state index < -0.39 is 0 Å². The van der Waals surface area contributed by atoms with E-state index in [1.54, 1.807) is 21.8 Å². The van der Waals surface area contributed by atoms with Crippen LogP contribution in [0.2, 0.25) is 4.34 Å². The van der Waals surface area contributed by atoms with Gasteiger partial charge in [0.25, 0.3) is 0 Å². The Morgan fingerprint density at radius 1 is 1.24 bits per heavy atom. The van der Waals surface area contributed by atoms with Crippen LogP contribution in [0.3, 0.4) is 0 Å². The fourth-order valence-corrected chi connectivity index (χ4v) is 5.05. The zero-order chi connectivity index (χ0) is 11.8. The van der Waals surface area contributed by atoms with E-state index in [9.17, 15) is 0 Å². The van der Waals surface area contributed by atoms with Gasteiger partial charge in [0.05, 0.1) is 10.4 Å². The number of fused-ring (bicyclic) bond motifs is 1. The molecule has 1 aliphatic rings. The molecule has 1 atom stereocenters. The summed E-state index contributed by atoms with van der Waals surface area (Å²) in [6.07, 6.45) is 3.85. The molecule has 0 bridgehead atoms. The van der Waals surface area contributed by atoms with Crippen LogP contribution in [-0.2, 0) is 12.8 Å². The van der Waals surface area contributed by atoms with Gasteiger partial charge in [0.1, 0.15) is 0 Å². The Labute approximate surface area is 114 Å². The number of thiophene rings is 2. The Balaban J connectivity index is 1.94. The van der Waals surface area contributed by atoms with Gasteiger partial charge in [0.15, 0.2) is 0 Å². The van der Waals surface area contributed by atoms with E-state index in [4.69, 9.17) is 11.6 Å². The smallest absolute Gasteiger partial charge is 0.0931 e. The third kappa shape index (κ3) is 2.17. The van der Waals surface area contributed by atoms with Crippen molar-refractivity contribution in [1.29, 1.82) is 0 Å². The Kier molecular flexibility index (Phi) is 3.26.